The minimum absolute atomic E-state index is 0.0902. The molecule has 0 unspecified atom stereocenters. The zero-order valence-electron chi connectivity index (χ0n) is 51.4. The minimum atomic E-state index is -3.98. The van der Waals surface area contributed by atoms with Crippen LogP contribution in [0.2, 0.25) is 0 Å². The molecule has 0 aliphatic heterocycles. The number of aryl methyl sites for hydroxylation is 1. The Morgan fingerprint density at radius 3 is 1.22 bits per heavy atom. The van der Waals surface area contributed by atoms with Gasteiger partial charge in [0, 0.05) is 51.5 Å². The van der Waals surface area contributed by atoms with E-state index in [0.717, 1.165) is 117 Å². The molecule has 13 nitrogen and oxygen atoms in total. The quantitative estimate of drug-likeness (QED) is 0.0100. The van der Waals surface area contributed by atoms with Gasteiger partial charge in [0.1, 0.15) is 11.3 Å². The number of anilines is 1. The van der Waals surface area contributed by atoms with Crippen LogP contribution >= 0.6 is 0 Å². The summed E-state index contributed by atoms with van der Waals surface area (Å²) < 4.78 is 34.4. The molecular weight excluding hydrogens is 1090 g/mol. The fourth-order valence-electron chi connectivity index (χ4n) is 14.4. The molecule has 0 spiro atoms. The number of benzene rings is 7. The Morgan fingerprint density at radius 1 is 0.453 bits per heavy atom. The first-order valence-electron chi connectivity index (χ1n) is 33.3. The highest BCUT2D eigenvalue weighted by Gasteiger charge is 2.30. The van der Waals surface area contributed by atoms with E-state index in [1.165, 1.54) is 145 Å². The summed E-state index contributed by atoms with van der Waals surface area (Å²) in [6.45, 7) is 7.61. The molecular formula is C72H89N7O6S. The second-order valence-electron chi connectivity index (χ2n) is 25.1. The Kier molecular flexibility index (Phi) is 19.5. The smallest absolute Gasteiger partial charge is 0.295 e. The number of nitrogens with two attached hydrogens (primary N) is 1. The van der Waals surface area contributed by atoms with E-state index in [-0.39, 0.29) is 37.8 Å². The molecule has 0 fully saturated rings. The van der Waals surface area contributed by atoms with Gasteiger partial charge in [0.25, 0.3) is 16.8 Å². The lowest BCUT2D eigenvalue weighted by Crippen LogP contribution is -2.33. The highest BCUT2D eigenvalue weighted by Crippen LogP contribution is 2.46. The maximum atomic E-state index is 15.1. The van der Waals surface area contributed by atoms with Crippen LogP contribution in [0.4, 0.5) is 11.4 Å². The van der Waals surface area contributed by atoms with Crippen LogP contribution in [0.15, 0.2) is 87.3 Å². The summed E-state index contributed by atoms with van der Waals surface area (Å²) in [5.74, 6) is 0. The first-order chi connectivity index (χ1) is 42.0. The van der Waals surface area contributed by atoms with E-state index in [9.17, 15) is 23.3 Å². The first kappa shape index (κ1) is 60.9. The van der Waals surface area contributed by atoms with Gasteiger partial charge in [0.05, 0.1) is 32.1 Å². The van der Waals surface area contributed by atoms with Crippen molar-refractivity contribution >= 4 is 119 Å². The molecule has 14 heteroatoms. The van der Waals surface area contributed by atoms with Crippen molar-refractivity contribution in [3.8, 4) is 0 Å². The molecule has 86 heavy (non-hydrogen) atoms. The molecule has 7 aromatic carbocycles. The van der Waals surface area contributed by atoms with E-state index >= 15 is 4.79 Å². The van der Waals surface area contributed by atoms with Crippen molar-refractivity contribution in [2.45, 2.75) is 225 Å². The van der Waals surface area contributed by atoms with E-state index in [0.29, 0.717) is 58.1 Å². The van der Waals surface area contributed by atoms with E-state index in [4.69, 9.17) is 15.7 Å². The third-order valence-electron chi connectivity index (χ3n) is 19.0. The molecule has 11 rings (SSSR count). The van der Waals surface area contributed by atoms with Gasteiger partial charge in [-0.2, -0.15) is 4.31 Å². The summed E-state index contributed by atoms with van der Waals surface area (Å²) in [4.78, 5) is 52.6. The fraction of sp³-hybridized carbons (Fsp3) is 0.500. The van der Waals surface area contributed by atoms with Crippen LogP contribution < -0.4 is 16.9 Å². The average Bonchev–Trinajstić information content (AvgIpc) is 1.14. The number of nitrogens with zero attached hydrogens (tertiary/aromatic N) is 6. The molecule has 0 atom stereocenters. The fourth-order valence-corrected chi connectivity index (χ4v) is 15.9. The number of nitrogen functional groups attached to an aromatic ring is 1. The number of non-ortho nitro benzene ring substituents is 1. The highest BCUT2D eigenvalue weighted by molar-refractivity contribution is 7.89. The Hall–Kier alpha value is -6.77. The Balaban J connectivity index is 0.914. The zero-order valence-corrected chi connectivity index (χ0v) is 52.2. The molecule has 0 aliphatic carbocycles. The number of imidazole rings is 2. The van der Waals surface area contributed by atoms with Gasteiger partial charge in [-0.25, -0.2) is 18.4 Å². The van der Waals surface area contributed by atoms with Crippen LogP contribution in [-0.4, -0.2) is 49.5 Å². The number of hydrogen-bond donors (Lipinski definition) is 1. The topological polar surface area (TPSA) is 175 Å². The number of fused-ring (bicyclic) bond motifs is 10. The van der Waals surface area contributed by atoms with E-state index in [2.05, 4.69) is 26.8 Å². The molecule has 0 bridgehead atoms. The van der Waals surface area contributed by atoms with Crippen molar-refractivity contribution in [3.05, 3.63) is 109 Å². The summed E-state index contributed by atoms with van der Waals surface area (Å²) in [5, 5.41) is 22.0. The number of nitro benzene ring substituents is 1. The summed E-state index contributed by atoms with van der Waals surface area (Å²) in [6.07, 6.45) is 36.0. The lowest BCUT2D eigenvalue weighted by Gasteiger charge is -2.22. The van der Waals surface area contributed by atoms with Gasteiger partial charge in [-0.3, -0.25) is 28.5 Å². The number of sulfonamides is 1. The standard InChI is InChI=1S/C72H89N7O6S/c1-4-7-10-13-16-19-22-25-28-31-34-49-45-60-68(62(46-49)79(82)83)78-70(74-60)56-40-36-52-53-37-41-57-65-55(39-35-51(63(53)65)54-38-42-58(72(78)81)66(56)64(52)54)69-75-61-48-50(47-59(73)67(61)77(69)71(57)80)86(84,85)76(43-32-29-26-23-20-17-14-11-8-5-2)44-33-30-27-24-21-18-15-12-9-6-3/h35-42,45-48H,4-34,43-44,73H2,1-3H3. The van der Waals surface area contributed by atoms with Crippen LogP contribution in [0.3, 0.4) is 0 Å². The Bertz CT molecular complexity index is 4370. The molecule has 454 valence electrons. The monoisotopic (exact) mass is 1180 g/mol. The molecule has 2 N–H and O–H groups in total. The van der Waals surface area contributed by atoms with Gasteiger partial charge in [0.15, 0.2) is 5.52 Å². The molecule has 11 aromatic rings. The first-order valence-corrected chi connectivity index (χ1v) is 34.7. The predicted molar refractivity (Wildman–Crippen MR) is 359 cm³/mol. The molecule has 4 aromatic heterocycles. The number of nitro groups is 1. The Labute approximate surface area is 505 Å². The maximum absolute atomic E-state index is 15.1. The normalized spacial score (nSPS) is 12.7. The van der Waals surface area contributed by atoms with Crippen LogP contribution in [-0.2, 0) is 16.4 Å². The zero-order chi connectivity index (χ0) is 59.9. The lowest BCUT2D eigenvalue weighted by molar-refractivity contribution is -0.383. The average molecular weight is 1180 g/mol. The van der Waals surface area contributed by atoms with Crippen molar-refractivity contribution in [2.24, 2.45) is 0 Å². The maximum Gasteiger partial charge on any atom is 0.295 e. The molecule has 0 saturated heterocycles. The van der Waals surface area contributed by atoms with Gasteiger partial charge < -0.3 is 5.73 Å². The van der Waals surface area contributed by atoms with Crippen molar-refractivity contribution in [3.63, 3.8) is 0 Å². The largest absolute Gasteiger partial charge is 0.397 e. The Morgan fingerprint density at radius 2 is 0.802 bits per heavy atom. The minimum Gasteiger partial charge on any atom is -0.397 e. The predicted octanol–water partition coefficient (Wildman–Crippen LogP) is 19.0. The molecule has 0 aliphatic rings. The van der Waals surface area contributed by atoms with Crippen molar-refractivity contribution < 1.29 is 13.3 Å². The van der Waals surface area contributed by atoms with Gasteiger partial charge >= 0.3 is 0 Å². The summed E-state index contributed by atoms with van der Waals surface area (Å²) >= 11 is 0. The molecule has 0 saturated carbocycles. The number of unbranched alkanes of at least 4 members (excludes halogenated alkanes) is 27. The second kappa shape index (κ2) is 27.5. The molecule has 0 amide bonds. The number of hydrogen-bond acceptors (Lipinski definition) is 9. The van der Waals surface area contributed by atoms with Gasteiger partial charge in [-0.15, -0.1) is 0 Å². The summed E-state index contributed by atoms with van der Waals surface area (Å²) in [7, 11) is -3.98. The van der Waals surface area contributed by atoms with E-state index in [1.807, 2.05) is 48.5 Å². The van der Waals surface area contributed by atoms with Crippen molar-refractivity contribution in [1.29, 1.82) is 0 Å². The molecule has 0 radical (unpaired) electrons. The van der Waals surface area contributed by atoms with Gasteiger partial charge in [-0.1, -0.05) is 218 Å². The summed E-state index contributed by atoms with van der Waals surface area (Å²) in [6, 6.07) is 22.4. The van der Waals surface area contributed by atoms with Crippen molar-refractivity contribution in [2.75, 3.05) is 18.8 Å². The number of aromatic nitrogens is 4. The van der Waals surface area contributed by atoms with Crippen LogP contribution in [0, 0.1) is 10.1 Å². The number of rotatable bonds is 36. The van der Waals surface area contributed by atoms with E-state index < -0.39 is 10.0 Å². The van der Waals surface area contributed by atoms with Gasteiger partial charge in [-0.05, 0) is 106 Å². The van der Waals surface area contributed by atoms with E-state index in [1.54, 1.807) is 20.8 Å². The number of pyridine rings is 2. The van der Waals surface area contributed by atoms with Crippen LogP contribution in [0.1, 0.15) is 219 Å². The van der Waals surface area contributed by atoms with Gasteiger partial charge in [0.2, 0.25) is 10.0 Å². The lowest BCUT2D eigenvalue weighted by atomic mass is 9.86. The van der Waals surface area contributed by atoms with Crippen molar-refractivity contribution in [1.82, 2.24) is 23.1 Å². The SMILES string of the molecule is CCCCCCCCCCCCc1cc([N+](=O)[O-])c2c(c1)nc1c3ccc4c5ccc6c(=O)n7c(nc8cc(S(=O)(=O)N(CCCCCCCCCCCC)CCCCCCCCCCCC)cc(N)c87)c7ccc(c8ccc(c(=O)n12)c3c84)c5c67. The summed E-state index contributed by atoms with van der Waals surface area (Å²) in [5.41, 5.74) is 9.30. The van der Waals surface area contributed by atoms with Crippen LogP contribution in [0.5, 0.6) is 0 Å². The highest BCUT2D eigenvalue weighted by atomic mass is 32.2. The molecule has 4 heterocycles. The second-order valence-corrected chi connectivity index (χ2v) is 27.1. The third-order valence-corrected chi connectivity index (χ3v) is 20.8. The third kappa shape index (κ3) is 12.0. The van der Waals surface area contributed by atoms with Crippen LogP contribution in [0.25, 0.3) is 98.0 Å².